The molecule has 2 aliphatic heterocycles. The highest BCUT2D eigenvalue weighted by Gasteiger charge is 2.43. The molecule has 2 aliphatic rings. The largest absolute Gasteiger partial charge is 0.444 e. The number of ether oxygens (including phenoxy) is 1. The van der Waals surface area contributed by atoms with Crippen LogP contribution >= 0.6 is 0 Å². The Labute approximate surface area is 138 Å². The van der Waals surface area contributed by atoms with Crippen LogP contribution in [0.2, 0.25) is 0 Å². The van der Waals surface area contributed by atoms with Crippen molar-refractivity contribution in [3.05, 3.63) is 0 Å². The van der Waals surface area contributed by atoms with Gasteiger partial charge >= 0.3 is 6.09 Å². The van der Waals surface area contributed by atoms with Crippen LogP contribution < -0.4 is 0 Å². The molecule has 1 N–H and O–H groups in total. The summed E-state index contributed by atoms with van der Waals surface area (Å²) in [6.07, 6.45) is 0.287. The average molecular weight is 327 g/mol. The maximum Gasteiger partial charge on any atom is 0.410 e. The van der Waals surface area contributed by atoms with Gasteiger partial charge in [0.2, 0.25) is 5.91 Å². The van der Waals surface area contributed by atoms with Gasteiger partial charge in [-0.25, -0.2) is 4.79 Å². The van der Waals surface area contributed by atoms with Gasteiger partial charge in [-0.2, -0.15) is 0 Å². The van der Waals surface area contributed by atoms with Gasteiger partial charge in [-0.1, -0.05) is 0 Å². The van der Waals surface area contributed by atoms with Crippen molar-refractivity contribution in [1.82, 2.24) is 14.7 Å². The van der Waals surface area contributed by atoms with Crippen molar-refractivity contribution in [3.63, 3.8) is 0 Å². The Balaban J connectivity index is 1.92. The summed E-state index contributed by atoms with van der Waals surface area (Å²) in [5.74, 6) is 0.0123. The van der Waals surface area contributed by atoms with Gasteiger partial charge in [0, 0.05) is 38.8 Å². The number of carbonyl (C=O) groups excluding carboxylic acids is 2. The van der Waals surface area contributed by atoms with Gasteiger partial charge < -0.3 is 14.7 Å². The maximum absolute atomic E-state index is 12.7. The zero-order valence-electron chi connectivity index (χ0n) is 14.6. The number of aliphatic hydroxyl groups is 1. The van der Waals surface area contributed by atoms with Crippen LogP contribution in [0.4, 0.5) is 4.79 Å². The standard InChI is InChI=1S/C16H29N3O4/c1-12-11-17(9-10-20)7-8-18(12)14(21)13-5-6-19(13)15(22)23-16(2,3)4/h12-13,20H,5-11H2,1-4H3/t12?,13-/m1/s1. The molecule has 23 heavy (non-hydrogen) atoms. The molecule has 2 saturated heterocycles. The van der Waals surface area contributed by atoms with Crippen molar-refractivity contribution in [2.75, 3.05) is 39.3 Å². The zero-order valence-corrected chi connectivity index (χ0v) is 14.6. The normalized spacial score (nSPS) is 26.0. The van der Waals surface area contributed by atoms with Crippen molar-refractivity contribution >= 4 is 12.0 Å². The van der Waals surface area contributed by atoms with Gasteiger partial charge in [-0.15, -0.1) is 0 Å². The van der Waals surface area contributed by atoms with Crippen molar-refractivity contribution in [3.8, 4) is 0 Å². The molecule has 0 radical (unpaired) electrons. The van der Waals surface area contributed by atoms with Crippen LogP contribution in [0.15, 0.2) is 0 Å². The number of hydrogen-bond acceptors (Lipinski definition) is 5. The van der Waals surface area contributed by atoms with Crippen LogP contribution in [0.3, 0.4) is 0 Å². The predicted molar refractivity (Wildman–Crippen MR) is 86.0 cm³/mol. The molecule has 0 spiro atoms. The SMILES string of the molecule is CC1CN(CCO)CCN1C(=O)[C@H]1CCN1C(=O)OC(C)(C)C. The number of aliphatic hydroxyl groups excluding tert-OH is 1. The molecular formula is C16H29N3O4. The van der Waals surface area contributed by atoms with E-state index in [0.717, 1.165) is 13.1 Å². The van der Waals surface area contributed by atoms with Gasteiger partial charge in [-0.05, 0) is 34.1 Å². The number of nitrogens with zero attached hydrogens (tertiary/aromatic N) is 3. The summed E-state index contributed by atoms with van der Waals surface area (Å²) in [6.45, 7) is 11.0. The summed E-state index contributed by atoms with van der Waals surface area (Å²) in [6, 6.07) is -0.305. The van der Waals surface area contributed by atoms with E-state index in [4.69, 9.17) is 9.84 Å². The second-order valence-electron chi connectivity index (χ2n) is 7.38. The fraction of sp³-hybridized carbons (Fsp3) is 0.875. The van der Waals surface area contributed by atoms with E-state index < -0.39 is 17.7 Å². The topological polar surface area (TPSA) is 73.3 Å². The highest BCUT2D eigenvalue weighted by Crippen LogP contribution is 2.24. The summed E-state index contributed by atoms with van der Waals surface area (Å²) in [5.41, 5.74) is -0.552. The second-order valence-corrected chi connectivity index (χ2v) is 7.38. The molecule has 2 atom stereocenters. The molecular weight excluding hydrogens is 298 g/mol. The Morgan fingerprint density at radius 3 is 2.35 bits per heavy atom. The van der Waals surface area contributed by atoms with E-state index in [1.807, 2.05) is 32.6 Å². The van der Waals surface area contributed by atoms with Gasteiger partial charge in [0.25, 0.3) is 0 Å². The number of carbonyl (C=O) groups is 2. The molecule has 2 amide bonds. The molecule has 132 valence electrons. The van der Waals surface area contributed by atoms with E-state index >= 15 is 0 Å². The molecule has 0 bridgehead atoms. The lowest BCUT2D eigenvalue weighted by Crippen LogP contribution is -2.64. The number of rotatable bonds is 3. The lowest BCUT2D eigenvalue weighted by atomic mass is 10.0. The van der Waals surface area contributed by atoms with Crippen LogP contribution in [0, 0.1) is 0 Å². The first-order valence-corrected chi connectivity index (χ1v) is 8.36. The van der Waals surface area contributed by atoms with E-state index in [1.165, 1.54) is 4.90 Å². The first kappa shape index (κ1) is 18.0. The molecule has 7 heteroatoms. The summed E-state index contributed by atoms with van der Waals surface area (Å²) in [7, 11) is 0. The van der Waals surface area contributed by atoms with E-state index in [2.05, 4.69) is 4.90 Å². The van der Waals surface area contributed by atoms with E-state index in [0.29, 0.717) is 26.1 Å². The first-order chi connectivity index (χ1) is 10.7. The third kappa shape index (κ3) is 4.35. The zero-order chi connectivity index (χ0) is 17.2. The van der Waals surface area contributed by atoms with Crippen LogP contribution in [0.25, 0.3) is 0 Å². The fourth-order valence-corrected chi connectivity index (χ4v) is 3.08. The molecule has 2 fully saturated rings. The quantitative estimate of drug-likeness (QED) is 0.818. The summed E-state index contributed by atoms with van der Waals surface area (Å²) < 4.78 is 5.37. The molecule has 2 rings (SSSR count). The minimum atomic E-state index is -0.552. The van der Waals surface area contributed by atoms with Crippen LogP contribution in [0.5, 0.6) is 0 Å². The Morgan fingerprint density at radius 2 is 1.87 bits per heavy atom. The predicted octanol–water partition coefficient (Wildman–Crippen LogP) is 0.521. The monoisotopic (exact) mass is 327 g/mol. The second kappa shape index (κ2) is 7.05. The molecule has 0 aromatic carbocycles. The van der Waals surface area contributed by atoms with Crippen LogP contribution in [0.1, 0.15) is 34.1 Å². The van der Waals surface area contributed by atoms with Crippen molar-refractivity contribution < 1.29 is 19.4 Å². The number of likely N-dealkylation sites (tertiary alicyclic amines) is 1. The highest BCUT2D eigenvalue weighted by atomic mass is 16.6. The molecule has 7 nitrogen and oxygen atoms in total. The van der Waals surface area contributed by atoms with Gasteiger partial charge in [0.15, 0.2) is 0 Å². The van der Waals surface area contributed by atoms with E-state index in [1.54, 1.807) is 0 Å². The highest BCUT2D eigenvalue weighted by molar-refractivity contribution is 5.87. The smallest absolute Gasteiger partial charge is 0.410 e. The molecule has 0 aromatic rings. The average Bonchev–Trinajstić information content (AvgIpc) is 2.35. The molecule has 0 aromatic heterocycles. The Bertz CT molecular complexity index is 449. The molecule has 0 saturated carbocycles. The van der Waals surface area contributed by atoms with Gasteiger partial charge in [0.1, 0.15) is 11.6 Å². The Kier molecular flexibility index (Phi) is 5.52. The van der Waals surface area contributed by atoms with Crippen LogP contribution in [-0.4, -0.2) is 88.8 Å². The van der Waals surface area contributed by atoms with E-state index in [9.17, 15) is 9.59 Å². The summed E-state index contributed by atoms with van der Waals surface area (Å²) in [5, 5.41) is 9.02. The number of piperazine rings is 1. The summed E-state index contributed by atoms with van der Waals surface area (Å²) >= 11 is 0. The minimum absolute atomic E-state index is 0.0123. The Hall–Kier alpha value is -1.34. The summed E-state index contributed by atoms with van der Waals surface area (Å²) in [4.78, 5) is 30.4. The maximum atomic E-state index is 12.7. The van der Waals surface area contributed by atoms with Gasteiger partial charge in [0.05, 0.1) is 6.61 Å². The third-order valence-electron chi connectivity index (χ3n) is 4.34. The lowest BCUT2D eigenvalue weighted by molar-refractivity contribution is -0.145. The molecule has 2 heterocycles. The van der Waals surface area contributed by atoms with Crippen molar-refractivity contribution in [1.29, 1.82) is 0 Å². The number of amides is 2. The van der Waals surface area contributed by atoms with Gasteiger partial charge in [-0.3, -0.25) is 14.6 Å². The van der Waals surface area contributed by atoms with Crippen molar-refractivity contribution in [2.24, 2.45) is 0 Å². The molecule has 1 unspecified atom stereocenters. The number of β-amino-alcohol motifs (C(OH)–C–C–N with tert-alkyl or cyclic N) is 1. The third-order valence-corrected chi connectivity index (χ3v) is 4.34. The van der Waals surface area contributed by atoms with E-state index in [-0.39, 0.29) is 18.6 Å². The molecule has 0 aliphatic carbocycles. The number of hydrogen-bond donors (Lipinski definition) is 1. The Morgan fingerprint density at radius 1 is 1.17 bits per heavy atom. The van der Waals surface area contributed by atoms with Crippen LogP contribution in [-0.2, 0) is 9.53 Å². The minimum Gasteiger partial charge on any atom is -0.444 e. The lowest BCUT2D eigenvalue weighted by Gasteiger charge is -2.46. The van der Waals surface area contributed by atoms with Crippen molar-refractivity contribution in [2.45, 2.75) is 51.8 Å². The first-order valence-electron chi connectivity index (χ1n) is 8.36. The fourth-order valence-electron chi connectivity index (χ4n) is 3.08.